The molecule has 0 saturated heterocycles. The van der Waals surface area contributed by atoms with Crippen molar-refractivity contribution in [1.82, 2.24) is 5.32 Å². The highest BCUT2D eigenvalue weighted by Gasteiger charge is 2.70. The molecular weight excluding hydrogens is 414 g/mol. The quantitative estimate of drug-likeness (QED) is 0.410. The van der Waals surface area contributed by atoms with Crippen molar-refractivity contribution in [2.45, 2.75) is 119 Å². The monoisotopic (exact) mass is 465 g/mol. The summed E-state index contributed by atoms with van der Waals surface area (Å²) in [7, 11) is 0. The van der Waals surface area contributed by atoms with E-state index in [9.17, 15) is 4.79 Å². The van der Waals surface area contributed by atoms with E-state index in [1.165, 1.54) is 50.5 Å². The molecular formula is C32H51NO. The van der Waals surface area contributed by atoms with Gasteiger partial charge in [0, 0.05) is 12.5 Å². The van der Waals surface area contributed by atoms with Gasteiger partial charge >= 0.3 is 0 Å². The summed E-state index contributed by atoms with van der Waals surface area (Å²) in [5.41, 5.74) is 4.40. The number of allylic oxidation sites excluding steroid dienone is 3. The minimum absolute atomic E-state index is 0.00337. The molecule has 0 heterocycles. The second kappa shape index (κ2) is 7.48. The van der Waals surface area contributed by atoms with Gasteiger partial charge in [0.05, 0.1) is 0 Å². The minimum atomic E-state index is -0.00337. The molecule has 5 rings (SSSR count). The lowest BCUT2D eigenvalue weighted by atomic mass is 9.33. The van der Waals surface area contributed by atoms with Gasteiger partial charge in [0.2, 0.25) is 5.91 Å². The third-order valence-corrected chi connectivity index (χ3v) is 13.5. The van der Waals surface area contributed by atoms with Gasteiger partial charge in [-0.1, -0.05) is 58.4 Å². The molecule has 34 heavy (non-hydrogen) atoms. The summed E-state index contributed by atoms with van der Waals surface area (Å²) in [4.78, 5) is 12.4. The molecule has 1 amide bonds. The van der Waals surface area contributed by atoms with Crippen molar-refractivity contribution in [2.24, 2.45) is 51.2 Å². The summed E-state index contributed by atoms with van der Waals surface area (Å²) in [6, 6.07) is 0. The van der Waals surface area contributed by atoms with Crippen LogP contribution in [0.3, 0.4) is 0 Å². The molecule has 4 saturated carbocycles. The highest BCUT2D eigenvalue weighted by Crippen LogP contribution is 2.76. The van der Waals surface area contributed by atoms with E-state index in [1.807, 2.05) is 0 Å². The van der Waals surface area contributed by atoms with E-state index < -0.39 is 0 Å². The molecule has 0 aromatic rings. The van der Waals surface area contributed by atoms with Crippen molar-refractivity contribution >= 4 is 5.91 Å². The van der Waals surface area contributed by atoms with Crippen molar-refractivity contribution in [3.63, 3.8) is 0 Å². The maximum Gasteiger partial charge on any atom is 0.217 e. The zero-order valence-corrected chi connectivity index (χ0v) is 23.4. The lowest BCUT2D eigenvalue weighted by Gasteiger charge is -2.72. The Hall–Kier alpha value is -1.05. The molecule has 0 aromatic heterocycles. The van der Waals surface area contributed by atoms with Crippen LogP contribution in [-0.4, -0.2) is 11.4 Å². The van der Waals surface area contributed by atoms with Gasteiger partial charge in [-0.3, -0.25) is 4.79 Å². The Morgan fingerprint density at radius 3 is 2.26 bits per heavy atom. The number of nitrogens with one attached hydrogen (secondary N) is 1. The largest absolute Gasteiger partial charge is 0.351 e. The summed E-state index contributed by atoms with van der Waals surface area (Å²) >= 11 is 0. The number of carbonyl (C=O) groups is 1. The van der Waals surface area contributed by atoms with Crippen molar-refractivity contribution < 1.29 is 4.79 Å². The summed E-state index contributed by atoms with van der Waals surface area (Å²) < 4.78 is 0. The normalized spacial score (nSPS) is 51.3. The predicted octanol–water partition coefficient (Wildman–Crippen LogP) is 8.09. The van der Waals surface area contributed by atoms with E-state index >= 15 is 0 Å². The van der Waals surface area contributed by atoms with Crippen molar-refractivity contribution in [3.8, 4) is 0 Å². The molecule has 0 radical (unpaired) electrons. The first-order chi connectivity index (χ1) is 15.7. The molecule has 0 bridgehead atoms. The summed E-state index contributed by atoms with van der Waals surface area (Å²) in [5, 5.41) is 3.56. The van der Waals surface area contributed by atoms with E-state index in [4.69, 9.17) is 0 Å². The molecule has 190 valence electrons. The highest BCUT2D eigenvalue weighted by atomic mass is 16.1. The van der Waals surface area contributed by atoms with E-state index in [0.29, 0.717) is 39.4 Å². The van der Waals surface area contributed by atoms with Gasteiger partial charge < -0.3 is 5.32 Å². The van der Waals surface area contributed by atoms with E-state index in [0.717, 1.165) is 24.7 Å². The number of carbonyl (C=O) groups excluding carboxylic acids is 1. The van der Waals surface area contributed by atoms with Crippen LogP contribution < -0.4 is 5.32 Å². The maximum absolute atomic E-state index is 12.4. The Morgan fingerprint density at radius 2 is 1.62 bits per heavy atom. The van der Waals surface area contributed by atoms with Crippen LogP contribution in [0.25, 0.3) is 0 Å². The Balaban J connectivity index is 1.56. The van der Waals surface area contributed by atoms with Gasteiger partial charge in [-0.25, -0.2) is 0 Å². The third-order valence-electron chi connectivity index (χ3n) is 13.5. The lowest BCUT2D eigenvalue weighted by molar-refractivity contribution is -0.221. The van der Waals surface area contributed by atoms with E-state index in [2.05, 4.69) is 66.4 Å². The van der Waals surface area contributed by atoms with Gasteiger partial charge in [0.15, 0.2) is 0 Å². The molecule has 9 atom stereocenters. The van der Waals surface area contributed by atoms with Crippen molar-refractivity contribution in [2.75, 3.05) is 0 Å². The van der Waals surface area contributed by atoms with Crippen LogP contribution in [0.1, 0.15) is 113 Å². The fraction of sp³-hybridized carbons (Fsp3) is 0.844. The lowest BCUT2D eigenvalue weighted by Crippen LogP contribution is -2.68. The fourth-order valence-corrected chi connectivity index (χ4v) is 11.5. The molecule has 0 unspecified atom stereocenters. The molecule has 5 aliphatic carbocycles. The zero-order valence-electron chi connectivity index (χ0n) is 23.4. The summed E-state index contributed by atoms with van der Waals surface area (Å²) in [6.07, 6.45) is 14.1. The van der Waals surface area contributed by atoms with Crippen LogP contribution in [-0.2, 0) is 4.79 Å². The van der Waals surface area contributed by atoms with Gasteiger partial charge in [0.25, 0.3) is 0 Å². The molecule has 0 spiro atoms. The average Bonchev–Trinajstić information content (AvgIpc) is 3.10. The molecule has 0 aliphatic heterocycles. The summed E-state index contributed by atoms with van der Waals surface area (Å²) in [5.74, 6) is 3.55. The van der Waals surface area contributed by atoms with Crippen molar-refractivity contribution in [1.29, 1.82) is 0 Å². The van der Waals surface area contributed by atoms with Crippen LogP contribution >= 0.6 is 0 Å². The number of rotatable bonds is 2. The number of hydrogen-bond acceptors (Lipinski definition) is 1. The highest BCUT2D eigenvalue weighted by molar-refractivity contribution is 5.74. The number of amides is 1. The minimum Gasteiger partial charge on any atom is -0.351 e. The van der Waals surface area contributed by atoms with E-state index in [-0.39, 0.29) is 11.4 Å². The fourth-order valence-electron chi connectivity index (χ4n) is 11.5. The van der Waals surface area contributed by atoms with Gasteiger partial charge in [-0.05, 0) is 123 Å². The third kappa shape index (κ3) is 2.95. The van der Waals surface area contributed by atoms with Crippen LogP contribution in [0.5, 0.6) is 0 Å². The van der Waals surface area contributed by atoms with E-state index in [1.54, 1.807) is 12.5 Å². The Labute approximate surface area is 209 Å². The molecule has 2 nitrogen and oxygen atoms in total. The topological polar surface area (TPSA) is 29.1 Å². The molecule has 5 aliphatic rings. The van der Waals surface area contributed by atoms with Crippen LogP contribution in [0.4, 0.5) is 0 Å². The first-order valence-corrected chi connectivity index (χ1v) is 14.3. The van der Waals surface area contributed by atoms with Crippen LogP contribution in [0, 0.1) is 51.2 Å². The number of hydrogen-bond donors (Lipinski definition) is 1. The molecule has 4 fully saturated rings. The maximum atomic E-state index is 12.4. The molecule has 0 aromatic carbocycles. The number of fused-ring (bicyclic) bond motifs is 7. The molecule has 2 heteroatoms. The van der Waals surface area contributed by atoms with Gasteiger partial charge in [-0.15, -0.1) is 0 Å². The van der Waals surface area contributed by atoms with Crippen LogP contribution in [0.2, 0.25) is 0 Å². The van der Waals surface area contributed by atoms with Gasteiger partial charge in [-0.2, -0.15) is 0 Å². The molecule has 1 N–H and O–H groups in total. The SMILES string of the molecule is C=C(C)[C@@H]1CC[C@]2(NC(C)=O)CC[C@]3(C)[C@H](CC[C@@H]4[C@@]5(C)CC=C(C)C(C)(C)[C@@H]5CC[C@]43C)[C@@H]12. The second-order valence-electron chi connectivity index (χ2n) is 14.8. The Bertz CT molecular complexity index is 929. The zero-order chi connectivity index (χ0) is 24.9. The first kappa shape index (κ1) is 24.6. The van der Waals surface area contributed by atoms with Crippen LogP contribution in [0.15, 0.2) is 23.8 Å². The smallest absolute Gasteiger partial charge is 0.217 e. The summed E-state index contributed by atoms with van der Waals surface area (Å²) in [6.45, 7) is 23.9. The standard InChI is InChI=1S/C32H51NO/c1-20(2)23-13-17-32(33-22(4)34)19-18-30(8)24(27(23)32)10-11-26-29(7)15-12-21(3)28(5,6)25(29)14-16-31(26,30)9/h12,23-27H,1,10-11,13-19H2,2-9H3,(H,33,34)/t23-,24+,25-,26+,27+,29-,30+,31+,32-/m0/s1. The Kier molecular flexibility index (Phi) is 5.42. The van der Waals surface area contributed by atoms with Gasteiger partial charge in [0.1, 0.15) is 0 Å². The predicted molar refractivity (Wildman–Crippen MR) is 142 cm³/mol. The Morgan fingerprint density at radius 1 is 0.912 bits per heavy atom. The average molecular weight is 466 g/mol. The van der Waals surface area contributed by atoms with Crippen molar-refractivity contribution in [3.05, 3.63) is 23.8 Å². The first-order valence-electron chi connectivity index (χ1n) is 14.3. The second-order valence-corrected chi connectivity index (χ2v) is 14.8.